The van der Waals surface area contributed by atoms with E-state index in [-0.39, 0.29) is 12.2 Å². The zero-order valence-electron chi connectivity index (χ0n) is 28.6. The van der Waals surface area contributed by atoms with Gasteiger partial charge in [0.2, 0.25) is 0 Å². The van der Waals surface area contributed by atoms with Crippen molar-refractivity contribution in [3.63, 3.8) is 0 Å². The molecule has 51 heavy (non-hydrogen) atoms. The molecule has 0 amide bonds. The average molecular weight is 717 g/mol. The van der Waals surface area contributed by atoms with Crippen LogP contribution in [0.2, 0.25) is 0 Å². The van der Waals surface area contributed by atoms with E-state index in [4.69, 9.17) is 52.1 Å². The first kappa shape index (κ1) is 37.8. The topological polar surface area (TPSA) is 187 Å². The molecular weight excluding hydrogens is 676 g/mol. The van der Waals surface area contributed by atoms with E-state index < -0.39 is 104 Å². The number of esters is 5. The van der Waals surface area contributed by atoms with Crippen LogP contribution in [-0.4, -0.2) is 112 Å². The maximum Gasteiger partial charge on any atom is 0.338 e. The Kier molecular flexibility index (Phi) is 12.7. The zero-order chi connectivity index (χ0) is 36.7. The van der Waals surface area contributed by atoms with E-state index in [1.165, 1.54) is 7.11 Å². The molecule has 0 aliphatic carbocycles. The monoisotopic (exact) mass is 716 g/mol. The second kappa shape index (κ2) is 17.2. The molecule has 5 rings (SSSR count). The van der Waals surface area contributed by atoms with Gasteiger partial charge in [0.1, 0.15) is 31.0 Å². The molecule has 0 radical (unpaired) electrons. The summed E-state index contributed by atoms with van der Waals surface area (Å²) in [6.07, 6.45) is -14.1. The summed E-state index contributed by atoms with van der Waals surface area (Å²) in [6, 6.07) is 17.2. The number of hydrogen-bond acceptors (Lipinski definition) is 16. The van der Waals surface area contributed by atoms with Crippen molar-refractivity contribution in [2.75, 3.05) is 20.3 Å². The van der Waals surface area contributed by atoms with Crippen LogP contribution in [0, 0.1) is 0 Å². The Bertz CT molecular complexity index is 1520. The van der Waals surface area contributed by atoms with E-state index in [1.807, 2.05) is 18.2 Å². The lowest BCUT2D eigenvalue weighted by atomic mass is 9.95. The average Bonchev–Trinajstić information content (AvgIpc) is 3.10. The molecule has 0 N–H and O–H groups in total. The summed E-state index contributed by atoms with van der Waals surface area (Å²) >= 11 is 0. The number of benzene rings is 2. The Morgan fingerprint density at radius 3 is 1.84 bits per heavy atom. The Labute approximate surface area is 293 Å². The van der Waals surface area contributed by atoms with Crippen LogP contribution < -0.4 is 0 Å². The minimum absolute atomic E-state index is 0.00186. The Morgan fingerprint density at radius 2 is 1.24 bits per heavy atom. The summed E-state index contributed by atoms with van der Waals surface area (Å²) in [5, 5.41) is 0. The second-order valence-corrected chi connectivity index (χ2v) is 11.9. The lowest BCUT2D eigenvalue weighted by Crippen LogP contribution is -2.68. The van der Waals surface area contributed by atoms with E-state index in [0.29, 0.717) is 5.56 Å². The molecule has 11 atom stereocenters. The van der Waals surface area contributed by atoms with Gasteiger partial charge in [0.05, 0.1) is 12.2 Å². The van der Waals surface area contributed by atoms with Gasteiger partial charge in [-0.05, 0) is 12.1 Å². The molecule has 0 saturated carbocycles. The number of hydrogen-bond donors (Lipinski definition) is 0. The van der Waals surface area contributed by atoms with Crippen LogP contribution in [0.4, 0.5) is 0 Å². The minimum Gasteiger partial charge on any atom is -0.463 e. The van der Waals surface area contributed by atoms with E-state index in [9.17, 15) is 24.0 Å². The van der Waals surface area contributed by atoms with Crippen molar-refractivity contribution in [2.45, 2.75) is 95.4 Å². The van der Waals surface area contributed by atoms with Gasteiger partial charge in [-0.15, -0.1) is 0 Å². The summed E-state index contributed by atoms with van der Waals surface area (Å²) in [7, 11) is 1.34. The summed E-state index contributed by atoms with van der Waals surface area (Å²) in [5.74, 6) is -3.87. The van der Waals surface area contributed by atoms with Crippen molar-refractivity contribution in [1.82, 2.24) is 0 Å². The first-order chi connectivity index (χ1) is 24.4. The maximum absolute atomic E-state index is 13.5. The molecule has 1 unspecified atom stereocenters. The third-order valence-electron chi connectivity index (χ3n) is 8.08. The molecule has 16 nitrogen and oxygen atoms in total. The lowest BCUT2D eigenvalue weighted by molar-refractivity contribution is -0.389. The van der Waals surface area contributed by atoms with Gasteiger partial charge in [0, 0.05) is 40.4 Å². The maximum atomic E-state index is 13.5. The number of rotatable bonds is 11. The lowest BCUT2D eigenvalue weighted by Gasteiger charge is -2.50. The molecule has 0 bridgehead atoms. The van der Waals surface area contributed by atoms with Crippen molar-refractivity contribution >= 4 is 29.8 Å². The normalized spacial score (nSPS) is 31.7. The number of carbonyl (C=O) groups excluding carboxylic acids is 5. The standard InChI is InChI=1S/C35H40O16/c1-18(36)42-16-24-26(44-19(2)37)28(45-20(3)38)31(46-21(4)39)35(48-24)51-29-27-25(17-43-33(50-27)23-14-10-7-11-15-23)47-34(41-5)30(29)49-32(40)22-12-8-6-9-13-22/h6-15,24-31,33-35H,16-17H2,1-5H3/t24-,25+,26-,27+,28+,29-,30+,31-,33?,34-,35+/m0/s1. The van der Waals surface area contributed by atoms with Crippen molar-refractivity contribution in [3.8, 4) is 0 Å². The third kappa shape index (κ3) is 9.46. The molecule has 276 valence electrons. The van der Waals surface area contributed by atoms with Crippen LogP contribution in [0.15, 0.2) is 60.7 Å². The molecule has 0 aromatic heterocycles. The highest BCUT2D eigenvalue weighted by Crippen LogP contribution is 2.39. The van der Waals surface area contributed by atoms with Crippen molar-refractivity contribution < 1.29 is 76.1 Å². The van der Waals surface area contributed by atoms with Crippen LogP contribution in [0.5, 0.6) is 0 Å². The molecule has 3 aliphatic heterocycles. The van der Waals surface area contributed by atoms with Crippen LogP contribution in [0.25, 0.3) is 0 Å². The number of fused-ring (bicyclic) bond motifs is 1. The summed E-state index contributed by atoms with van der Waals surface area (Å²) < 4.78 is 64.9. The molecule has 3 heterocycles. The van der Waals surface area contributed by atoms with Crippen molar-refractivity contribution in [1.29, 1.82) is 0 Å². The van der Waals surface area contributed by atoms with Crippen molar-refractivity contribution in [2.24, 2.45) is 0 Å². The smallest absolute Gasteiger partial charge is 0.338 e. The first-order valence-electron chi connectivity index (χ1n) is 16.2. The van der Waals surface area contributed by atoms with Crippen LogP contribution in [0.1, 0.15) is 49.9 Å². The molecule has 2 aromatic rings. The first-order valence-corrected chi connectivity index (χ1v) is 16.2. The SMILES string of the molecule is CO[C@H]1O[C@@H]2COC(c3ccccc3)O[C@H]2[C@H](O[C@H]2O[C@@H](COC(C)=O)[C@H](OC(C)=O)[C@@H](OC(C)=O)[C@@H]2OC(C)=O)[C@H]1OC(=O)c1ccccc1. The molecule has 3 fully saturated rings. The fraction of sp³-hybridized carbons (Fsp3) is 0.514. The van der Waals surface area contributed by atoms with Crippen LogP contribution in [-0.2, 0) is 71.3 Å². The van der Waals surface area contributed by atoms with E-state index in [2.05, 4.69) is 0 Å². The fourth-order valence-electron chi connectivity index (χ4n) is 6.02. The van der Waals surface area contributed by atoms with E-state index >= 15 is 0 Å². The summed E-state index contributed by atoms with van der Waals surface area (Å²) in [5.41, 5.74) is 0.893. The Balaban J connectivity index is 1.57. The summed E-state index contributed by atoms with van der Waals surface area (Å²) in [4.78, 5) is 62.4. The van der Waals surface area contributed by atoms with Gasteiger partial charge in [0.25, 0.3) is 0 Å². The molecule has 3 saturated heterocycles. The Morgan fingerprint density at radius 1 is 0.647 bits per heavy atom. The predicted octanol–water partition coefficient (Wildman–Crippen LogP) is 2.17. The van der Waals surface area contributed by atoms with Crippen LogP contribution in [0.3, 0.4) is 0 Å². The minimum atomic E-state index is -1.63. The highest BCUT2D eigenvalue weighted by atomic mass is 16.8. The number of methoxy groups -OCH3 is 1. The molecule has 0 spiro atoms. The van der Waals surface area contributed by atoms with Gasteiger partial charge in [-0.3, -0.25) is 19.2 Å². The van der Waals surface area contributed by atoms with E-state index in [0.717, 1.165) is 27.7 Å². The molecule has 2 aromatic carbocycles. The largest absolute Gasteiger partial charge is 0.463 e. The zero-order valence-corrected chi connectivity index (χ0v) is 28.6. The highest BCUT2D eigenvalue weighted by molar-refractivity contribution is 5.89. The molecular formula is C35H40O16. The van der Waals surface area contributed by atoms with Gasteiger partial charge < -0.3 is 52.1 Å². The predicted molar refractivity (Wildman–Crippen MR) is 168 cm³/mol. The fourth-order valence-corrected chi connectivity index (χ4v) is 6.02. The van der Waals surface area contributed by atoms with E-state index in [1.54, 1.807) is 42.5 Å². The Hall–Kier alpha value is -4.45. The molecule has 16 heteroatoms. The highest BCUT2D eigenvalue weighted by Gasteiger charge is 2.58. The molecule has 3 aliphatic rings. The van der Waals surface area contributed by atoms with Gasteiger partial charge in [-0.1, -0.05) is 48.5 Å². The van der Waals surface area contributed by atoms with Gasteiger partial charge in [-0.2, -0.15) is 0 Å². The quantitative estimate of drug-likeness (QED) is 0.243. The van der Waals surface area contributed by atoms with Crippen molar-refractivity contribution in [3.05, 3.63) is 71.8 Å². The number of carbonyl (C=O) groups is 5. The van der Waals surface area contributed by atoms with Gasteiger partial charge >= 0.3 is 29.8 Å². The number of ether oxygens (including phenoxy) is 11. The van der Waals surface area contributed by atoms with Gasteiger partial charge in [0.15, 0.2) is 43.3 Å². The second-order valence-electron chi connectivity index (χ2n) is 11.9. The summed E-state index contributed by atoms with van der Waals surface area (Å²) in [6.45, 7) is 4.00. The third-order valence-corrected chi connectivity index (χ3v) is 8.08. The van der Waals surface area contributed by atoms with Crippen LogP contribution >= 0.6 is 0 Å². The van der Waals surface area contributed by atoms with Gasteiger partial charge in [-0.25, -0.2) is 4.79 Å².